The summed E-state index contributed by atoms with van der Waals surface area (Å²) in [6.07, 6.45) is 4.19. The normalized spacial score (nSPS) is 14.3. The Kier molecular flexibility index (Phi) is 9.59. The molecule has 0 radical (unpaired) electrons. The zero-order valence-corrected chi connectivity index (χ0v) is 30.2. The lowest BCUT2D eigenvalue weighted by molar-refractivity contribution is -0.121. The number of nitrogens with zero attached hydrogens (tertiary/aromatic N) is 7. The Morgan fingerprint density at radius 2 is 1.90 bits per heavy atom. The Hall–Kier alpha value is -4.95. The number of likely N-dealkylation sites (tertiary alicyclic amines) is 1. The zero-order valence-electron chi connectivity index (χ0n) is 28.6. The SMILES string of the molecule is Cc1nc2cnc(N(C)C3CCN(C(C)(C)C(C)(F)F)CC3)c(C#N)c2c(=O)n1CC#Cc1ccc(Cl)cc1-c1ccnc2c(C(=O)O)csc12. The van der Waals surface area contributed by atoms with E-state index in [1.54, 1.807) is 68.6 Å². The Morgan fingerprint density at radius 1 is 1.18 bits per heavy atom. The first-order chi connectivity index (χ1) is 24.1. The number of thiophene rings is 1. The molecule has 262 valence electrons. The maximum atomic E-state index is 14.3. The molecule has 10 nitrogen and oxygen atoms in total. The molecule has 5 aromatic rings. The highest BCUT2D eigenvalue weighted by Gasteiger charge is 2.47. The monoisotopic (exact) mass is 729 g/mol. The molecule has 0 amide bonds. The average molecular weight is 730 g/mol. The van der Waals surface area contributed by atoms with Crippen LogP contribution in [0.3, 0.4) is 0 Å². The Balaban J connectivity index is 1.32. The van der Waals surface area contributed by atoms with Crippen molar-refractivity contribution in [3.8, 4) is 29.0 Å². The van der Waals surface area contributed by atoms with Crippen LogP contribution in [0.25, 0.3) is 32.2 Å². The molecule has 6 rings (SSSR count). The predicted molar refractivity (Wildman–Crippen MR) is 195 cm³/mol. The first kappa shape index (κ1) is 35.9. The number of carbonyl (C=O) groups is 1. The molecule has 14 heteroatoms. The number of aromatic carboxylic acids is 1. The first-order valence-corrected chi connectivity index (χ1v) is 17.4. The number of hydrogen-bond acceptors (Lipinski definition) is 9. The Labute approximate surface area is 301 Å². The van der Waals surface area contributed by atoms with Gasteiger partial charge >= 0.3 is 5.97 Å². The Morgan fingerprint density at radius 3 is 2.57 bits per heavy atom. The fourth-order valence-corrected chi connectivity index (χ4v) is 7.69. The van der Waals surface area contributed by atoms with Gasteiger partial charge in [0.15, 0.2) is 0 Å². The van der Waals surface area contributed by atoms with Gasteiger partial charge in [-0.1, -0.05) is 23.4 Å². The highest BCUT2D eigenvalue weighted by Crippen LogP contribution is 2.38. The molecule has 1 saturated heterocycles. The Bertz CT molecular complexity index is 2360. The fourth-order valence-electron chi connectivity index (χ4n) is 6.49. The van der Waals surface area contributed by atoms with Crippen molar-refractivity contribution in [3.05, 3.63) is 79.9 Å². The fraction of sp³-hybridized carbons (Fsp3) is 0.351. The summed E-state index contributed by atoms with van der Waals surface area (Å²) in [5.74, 6) is 3.00. The van der Waals surface area contributed by atoms with Crippen LogP contribution in [-0.2, 0) is 6.54 Å². The van der Waals surface area contributed by atoms with Gasteiger partial charge in [-0.05, 0) is 57.9 Å². The molecule has 0 bridgehead atoms. The lowest BCUT2D eigenvalue weighted by Gasteiger charge is -2.47. The van der Waals surface area contributed by atoms with Crippen molar-refractivity contribution in [1.29, 1.82) is 5.26 Å². The molecule has 1 aromatic carbocycles. The standard InChI is InChI=1S/C37H34ClF2N7O3S/c1-21-44-29-19-43-33(45(5)24-11-15-46(16-12-24)36(2,3)37(4,39)40)27(18-41)30(29)34(48)47(21)14-6-7-22-8-9-23(38)17-26(22)25-10-13-42-31-28(35(49)50)20-51-32(25)31/h8-10,13,17,19-20,24H,11-12,14-16H2,1-5H3,(H,49,50). The van der Waals surface area contributed by atoms with E-state index >= 15 is 0 Å². The number of hydrogen-bond donors (Lipinski definition) is 1. The number of carboxylic acid groups (broad SMARTS) is 1. The number of alkyl halides is 2. The van der Waals surface area contributed by atoms with Crippen LogP contribution in [0.1, 0.15) is 60.9 Å². The number of rotatable bonds is 7. The minimum Gasteiger partial charge on any atom is -0.478 e. The minimum absolute atomic E-state index is 0.0295. The molecule has 0 spiro atoms. The molecular formula is C37H34ClF2N7O3S. The van der Waals surface area contributed by atoms with E-state index in [-0.39, 0.29) is 34.6 Å². The summed E-state index contributed by atoms with van der Waals surface area (Å²) < 4.78 is 30.7. The number of piperidine rings is 1. The van der Waals surface area contributed by atoms with Gasteiger partial charge in [0.05, 0.1) is 45.0 Å². The summed E-state index contributed by atoms with van der Waals surface area (Å²) in [5.41, 5.74) is 1.15. The summed E-state index contributed by atoms with van der Waals surface area (Å²) in [5, 5.41) is 22.1. The van der Waals surface area contributed by atoms with Crippen LogP contribution in [0.5, 0.6) is 0 Å². The van der Waals surface area contributed by atoms with Gasteiger partial charge in [-0.15, -0.1) is 11.3 Å². The summed E-state index contributed by atoms with van der Waals surface area (Å²) in [6.45, 7) is 6.60. The second-order valence-corrected chi connectivity index (χ2v) is 14.5. The van der Waals surface area contributed by atoms with Gasteiger partial charge in [-0.3, -0.25) is 19.2 Å². The van der Waals surface area contributed by atoms with Crippen molar-refractivity contribution in [1.82, 2.24) is 24.4 Å². The summed E-state index contributed by atoms with van der Waals surface area (Å²) >= 11 is 7.65. The van der Waals surface area contributed by atoms with Gasteiger partial charge in [0, 0.05) is 66.4 Å². The van der Waals surface area contributed by atoms with Gasteiger partial charge in [0.2, 0.25) is 0 Å². The summed E-state index contributed by atoms with van der Waals surface area (Å²) in [6, 6.07) is 9.10. The number of pyridine rings is 2. The second-order valence-electron chi connectivity index (χ2n) is 13.1. The predicted octanol–water partition coefficient (Wildman–Crippen LogP) is 6.99. The molecule has 5 heterocycles. The smallest absolute Gasteiger partial charge is 0.338 e. The molecule has 0 atom stereocenters. The molecule has 4 aromatic heterocycles. The van der Waals surface area contributed by atoms with Crippen LogP contribution < -0.4 is 10.5 Å². The lowest BCUT2D eigenvalue weighted by atomic mass is 9.91. The molecular weight excluding hydrogens is 696 g/mol. The van der Waals surface area contributed by atoms with Crippen molar-refractivity contribution in [2.24, 2.45) is 0 Å². The summed E-state index contributed by atoms with van der Waals surface area (Å²) in [7, 11) is 1.81. The molecule has 51 heavy (non-hydrogen) atoms. The number of benzene rings is 1. The topological polar surface area (TPSA) is 128 Å². The van der Waals surface area contributed by atoms with E-state index < -0.39 is 23.0 Å². The third-order valence-corrected chi connectivity index (χ3v) is 11.1. The maximum absolute atomic E-state index is 14.3. The maximum Gasteiger partial charge on any atom is 0.338 e. The van der Waals surface area contributed by atoms with Crippen molar-refractivity contribution in [2.45, 2.75) is 64.6 Å². The molecule has 1 fully saturated rings. The van der Waals surface area contributed by atoms with Crippen LogP contribution in [0.15, 0.2) is 46.8 Å². The largest absolute Gasteiger partial charge is 0.478 e. The highest BCUT2D eigenvalue weighted by molar-refractivity contribution is 7.18. The first-order valence-electron chi connectivity index (χ1n) is 16.2. The van der Waals surface area contributed by atoms with E-state index in [0.29, 0.717) is 63.9 Å². The third-order valence-electron chi connectivity index (χ3n) is 9.91. The average Bonchev–Trinajstić information content (AvgIpc) is 3.54. The van der Waals surface area contributed by atoms with E-state index in [2.05, 4.69) is 32.9 Å². The van der Waals surface area contributed by atoms with Gasteiger partial charge in [-0.25, -0.2) is 23.5 Å². The molecule has 1 aliphatic heterocycles. The van der Waals surface area contributed by atoms with Crippen LogP contribution in [-0.4, -0.2) is 73.1 Å². The number of aromatic nitrogens is 4. The van der Waals surface area contributed by atoms with Crippen LogP contribution in [0.2, 0.25) is 5.02 Å². The number of carboxylic acids is 1. The highest BCUT2D eigenvalue weighted by atomic mass is 35.5. The third kappa shape index (κ3) is 6.53. The molecule has 0 saturated carbocycles. The van der Waals surface area contributed by atoms with E-state index in [1.165, 1.54) is 22.1 Å². The number of nitriles is 1. The quantitative estimate of drug-likeness (QED) is 0.176. The molecule has 0 unspecified atom stereocenters. The van der Waals surface area contributed by atoms with Crippen molar-refractivity contribution in [3.63, 3.8) is 0 Å². The number of fused-ring (bicyclic) bond motifs is 2. The van der Waals surface area contributed by atoms with Crippen molar-refractivity contribution < 1.29 is 18.7 Å². The van der Waals surface area contributed by atoms with E-state index in [9.17, 15) is 28.7 Å². The van der Waals surface area contributed by atoms with Gasteiger partial charge in [-0.2, -0.15) is 5.26 Å². The van der Waals surface area contributed by atoms with Crippen molar-refractivity contribution in [2.75, 3.05) is 25.0 Å². The van der Waals surface area contributed by atoms with Crippen molar-refractivity contribution >= 4 is 55.8 Å². The minimum atomic E-state index is -2.88. The second kappa shape index (κ2) is 13.6. The van der Waals surface area contributed by atoms with Crippen LogP contribution >= 0.6 is 22.9 Å². The number of halogens is 3. The van der Waals surface area contributed by atoms with Gasteiger partial charge in [0.1, 0.15) is 23.3 Å². The number of aryl methyl sites for hydroxylation is 1. The lowest BCUT2D eigenvalue weighted by Crippen LogP contribution is -2.59. The molecule has 1 N–H and O–H groups in total. The van der Waals surface area contributed by atoms with Crippen LogP contribution in [0.4, 0.5) is 14.6 Å². The van der Waals surface area contributed by atoms with E-state index in [0.717, 1.165) is 12.5 Å². The number of anilines is 1. The van der Waals surface area contributed by atoms with E-state index in [4.69, 9.17) is 11.6 Å². The molecule has 1 aliphatic rings. The van der Waals surface area contributed by atoms with Gasteiger partial charge in [0.25, 0.3) is 11.5 Å². The van der Waals surface area contributed by atoms with Gasteiger partial charge < -0.3 is 10.0 Å². The van der Waals surface area contributed by atoms with E-state index in [1.807, 2.05) is 4.90 Å². The molecule has 0 aliphatic carbocycles. The van der Waals surface area contributed by atoms with Crippen LogP contribution in [0, 0.1) is 30.1 Å². The zero-order chi connectivity index (χ0) is 36.8. The summed E-state index contributed by atoms with van der Waals surface area (Å²) in [4.78, 5) is 42.8.